The highest BCUT2D eigenvalue weighted by atomic mass is 28.3. The summed E-state index contributed by atoms with van der Waals surface area (Å²) in [5.74, 6) is 1.87. The molecule has 2 aromatic rings. The van der Waals surface area contributed by atoms with Gasteiger partial charge in [0.25, 0.3) is 0 Å². The van der Waals surface area contributed by atoms with Crippen LogP contribution in [0.4, 0.5) is 0 Å². The van der Waals surface area contributed by atoms with Crippen molar-refractivity contribution in [1.29, 1.82) is 0 Å². The van der Waals surface area contributed by atoms with E-state index >= 15 is 0 Å². The molecule has 0 aliphatic carbocycles. The molecule has 1 atom stereocenters. The molecule has 104 valence electrons. The highest BCUT2D eigenvalue weighted by molar-refractivity contribution is 6.51. The van der Waals surface area contributed by atoms with Crippen LogP contribution in [0.15, 0.2) is 54.6 Å². The van der Waals surface area contributed by atoms with Crippen LogP contribution in [0.3, 0.4) is 0 Å². The minimum absolute atomic E-state index is 0.895. The maximum atomic E-state index is 6.02. The largest absolute Gasteiger partial charge is 0.457 e. The molecule has 3 heteroatoms. The number of benzene rings is 2. The third kappa shape index (κ3) is 3.49. The summed E-state index contributed by atoms with van der Waals surface area (Å²) in [5.41, 5.74) is 1.29. The summed E-state index contributed by atoms with van der Waals surface area (Å²) in [4.78, 5) is 0. The Hall–Kier alpha value is -1.58. The van der Waals surface area contributed by atoms with E-state index in [0.29, 0.717) is 0 Å². The molecule has 3 rings (SSSR count). The van der Waals surface area contributed by atoms with Gasteiger partial charge in [-0.2, -0.15) is 0 Å². The molecule has 0 bridgehead atoms. The minimum atomic E-state index is -1.07. The number of ether oxygens (including phenoxy) is 1. The van der Waals surface area contributed by atoms with Crippen molar-refractivity contribution >= 4 is 9.04 Å². The summed E-state index contributed by atoms with van der Waals surface area (Å²) < 4.78 is 12.0. The Balaban J connectivity index is 1.74. The van der Waals surface area contributed by atoms with E-state index < -0.39 is 9.04 Å². The number of hydrogen-bond acceptors (Lipinski definition) is 2. The zero-order valence-corrected chi connectivity index (χ0v) is 12.8. The first kappa shape index (κ1) is 13.4. The lowest BCUT2D eigenvalue weighted by Gasteiger charge is -2.22. The normalized spacial score (nSPS) is 18.7. The van der Waals surface area contributed by atoms with Crippen LogP contribution in [0.5, 0.6) is 11.5 Å². The molecule has 0 N–H and O–H groups in total. The van der Waals surface area contributed by atoms with Gasteiger partial charge in [-0.3, -0.25) is 0 Å². The molecule has 0 saturated carbocycles. The number of para-hydroxylation sites is 2. The van der Waals surface area contributed by atoms with Crippen molar-refractivity contribution in [2.75, 3.05) is 6.61 Å². The Bertz CT molecular complexity index is 536. The van der Waals surface area contributed by atoms with Crippen molar-refractivity contribution in [1.82, 2.24) is 0 Å². The van der Waals surface area contributed by atoms with Crippen LogP contribution in [0.2, 0.25) is 6.04 Å². The van der Waals surface area contributed by atoms with Crippen molar-refractivity contribution in [2.24, 2.45) is 0 Å². The van der Waals surface area contributed by atoms with Gasteiger partial charge in [0.15, 0.2) is 9.04 Å². The Kier molecular flexibility index (Phi) is 4.51. The van der Waals surface area contributed by atoms with E-state index in [0.717, 1.165) is 24.2 Å². The van der Waals surface area contributed by atoms with Crippen LogP contribution in [-0.2, 0) is 10.5 Å². The standard InChI is InChI=1S/C17H20O2Si/c1-2-9-16(10-3-1)19-17-11-5-4-8-15(17)14-20-13-7-6-12-18-20/h1-5,8-11,20H,6-7,12-14H2. The minimum Gasteiger partial charge on any atom is -0.457 e. The maximum absolute atomic E-state index is 6.02. The Morgan fingerprint density at radius 2 is 1.75 bits per heavy atom. The average Bonchev–Trinajstić information content (AvgIpc) is 2.51. The van der Waals surface area contributed by atoms with Gasteiger partial charge in [0.2, 0.25) is 0 Å². The van der Waals surface area contributed by atoms with Gasteiger partial charge in [-0.05, 0) is 42.3 Å². The molecule has 0 amide bonds. The maximum Gasteiger partial charge on any atom is 0.181 e. The summed E-state index contributed by atoms with van der Waals surface area (Å²) in [5, 5.41) is 0. The molecule has 0 radical (unpaired) electrons. The SMILES string of the molecule is c1ccc(Oc2ccccc2C[SiH]2CCCCO2)cc1. The molecule has 0 aromatic heterocycles. The molecule has 1 heterocycles. The molecule has 1 aliphatic rings. The van der Waals surface area contributed by atoms with Crippen molar-refractivity contribution < 1.29 is 9.16 Å². The van der Waals surface area contributed by atoms with Crippen molar-refractivity contribution in [3.63, 3.8) is 0 Å². The highest BCUT2D eigenvalue weighted by Gasteiger charge is 2.18. The van der Waals surface area contributed by atoms with Gasteiger partial charge in [0.1, 0.15) is 11.5 Å². The lowest BCUT2D eigenvalue weighted by molar-refractivity contribution is 0.286. The van der Waals surface area contributed by atoms with Crippen LogP contribution in [0.1, 0.15) is 18.4 Å². The molecule has 1 saturated heterocycles. The van der Waals surface area contributed by atoms with E-state index in [9.17, 15) is 0 Å². The predicted molar refractivity (Wildman–Crippen MR) is 83.8 cm³/mol. The summed E-state index contributed by atoms with van der Waals surface area (Å²) in [6, 6.07) is 20.7. The zero-order valence-electron chi connectivity index (χ0n) is 11.6. The summed E-state index contributed by atoms with van der Waals surface area (Å²) >= 11 is 0. The molecular formula is C17H20O2Si. The summed E-state index contributed by atoms with van der Waals surface area (Å²) in [7, 11) is -1.07. The second kappa shape index (κ2) is 6.73. The third-order valence-corrected chi connectivity index (χ3v) is 6.32. The molecule has 2 nitrogen and oxygen atoms in total. The van der Waals surface area contributed by atoms with Crippen molar-refractivity contribution in [3.8, 4) is 11.5 Å². The van der Waals surface area contributed by atoms with Gasteiger partial charge in [-0.1, -0.05) is 42.8 Å². The van der Waals surface area contributed by atoms with Crippen LogP contribution in [0, 0.1) is 0 Å². The zero-order chi connectivity index (χ0) is 13.6. The van der Waals surface area contributed by atoms with Gasteiger partial charge in [-0.15, -0.1) is 0 Å². The smallest absolute Gasteiger partial charge is 0.181 e. The first-order chi connectivity index (χ1) is 9.92. The Morgan fingerprint density at radius 3 is 2.55 bits per heavy atom. The fourth-order valence-corrected chi connectivity index (χ4v) is 5.16. The number of rotatable bonds is 4. The fraction of sp³-hybridized carbons (Fsp3) is 0.294. The van der Waals surface area contributed by atoms with Crippen molar-refractivity contribution in [2.45, 2.75) is 24.9 Å². The molecule has 2 aromatic carbocycles. The van der Waals surface area contributed by atoms with Gasteiger partial charge in [0.05, 0.1) is 0 Å². The lowest BCUT2D eigenvalue weighted by atomic mass is 10.2. The van der Waals surface area contributed by atoms with E-state index in [1.54, 1.807) is 0 Å². The highest BCUT2D eigenvalue weighted by Crippen LogP contribution is 2.27. The molecule has 1 fully saturated rings. The van der Waals surface area contributed by atoms with E-state index in [4.69, 9.17) is 9.16 Å². The summed E-state index contributed by atoms with van der Waals surface area (Å²) in [6.45, 7) is 0.957. The first-order valence-electron chi connectivity index (χ1n) is 7.34. The fourth-order valence-electron chi connectivity index (χ4n) is 2.60. The second-order valence-corrected chi connectivity index (χ2v) is 7.78. The molecule has 1 aliphatic heterocycles. The topological polar surface area (TPSA) is 18.5 Å². The van der Waals surface area contributed by atoms with E-state index in [-0.39, 0.29) is 0 Å². The van der Waals surface area contributed by atoms with E-state index in [1.807, 2.05) is 36.4 Å². The van der Waals surface area contributed by atoms with Crippen LogP contribution >= 0.6 is 0 Å². The van der Waals surface area contributed by atoms with E-state index in [1.165, 1.54) is 24.4 Å². The third-order valence-electron chi connectivity index (χ3n) is 3.67. The second-order valence-electron chi connectivity index (χ2n) is 5.22. The quantitative estimate of drug-likeness (QED) is 0.787. The molecule has 0 spiro atoms. The Morgan fingerprint density at radius 1 is 0.950 bits per heavy atom. The molecule has 20 heavy (non-hydrogen) atoms. The number of hydrogen-bond donors (Lipinski definition) is 0. The lowest BCUT2D eigenvalue weighted by Crippen LogP contribution is -2.26. The average molecular weight is 284 g/mol. The van der Waals surface area contributed by atoms with Crippen molar-refractivity contribution in [3.05, 3.63) is 60.2 Å². The summed E-state index contributed by atoms with van der Waals surface area (Å²) in [6.07, 6.45) is 2.56. The van der Waals surface area contributed by atoms with Gasteiger partial charge in [-0.25, -0.2) is 0 Å². The van der Waals surface area contributed by atoms with E-state index in [2.05, 4.69) is 18.2 Å². The van der Waals surface area contributed by atoms with Gasteiger partial charge < -0.3 is 9.16 Å². The van der Waals surface area contributed by atoms with Crippen LogP contribution in [-0.4, -0.2) is 15.6 Å². The molecule has 1 unspecified atom stereocenters. The Labute approximate surface area is 122 Å². The predicted octanol–water partition coefficient (Wildman–Crippen LogP) is 4.09. The molecular weight excluding hydrogens is 264 g/mol. The van der Waals surface area contributed by atoms with Crippen LogP contribution < -0.4 is 4.74 Å². The van der Waals surface area contributed by atoms with Gasteiger partial charge in [0, 0.05) is 6.61 Å². The van der Waals surface area contributed by atoms with Crippen LogP contribution in [0.25, 0.3) is 0 Å². The first-order valence-corrected chi connectivity index (χ1v) is 9.45. The van der Waals surface area contributed by atoms with Gasteiger partial charge >= 0.3 is 0 Å². The monoisotopic (exact) mass is 284 g/mol.